The Morgan fingerprint density at radius 2 is 2.20 bits per heavy atom. The first kappa shape index (κ1) is 13.8. The molecule has 0 aliphatic rings. The van der Waals surface area contributed by atoms with Crippen LogP contribution in [0.3, 0.4) is 0 Å². The first-order chi connectivity index (χ1) is 9.51. The van der Waals surface area contributed by atoms with E-state index in [2.05, 4.69) is 0 Å². The SMILES string of the molecule is COc1c(-c2sc(C#N)c(N)c2C)cccc1[N+](=O)[O-]. The highest BCUT2D eigenvalue weighted by atomic mass is 32.1. The molecule has 0 fully saturated rings. The number of nitriles is 1. The van der Waals surface area contributed by atoms with Crippen molar-refractivity contribution in [2.24, 2.45) is 0 Å². The number of nitrogens with two attached hydrogens (primary N) is 1. The van der Waals surface area contributed by atoms with E-state index in [0.717, 1.165) is 5.56 Å². The molecular weight excluding hydrogens is 278 g/mol. The van der Waals surface area contributed by atoms with Crippen LogP contribution >= 0.6 is 11.3 Å². The van der Waals surface area contributed by atoms with Gasteiger partial charge in [-0.05, 0) is 18.6 Å². The zero-order valence-electron chi connectivity index (χ0n) is 10.8. The molecule has 2 N–H and O–H groups in total. The maximum atomic E-state index is 11.0. The van der Waals surface area contributed by atoms with Crippen LogP contribution in [0.5, 0.6) is 5.75 Å². The minimum Gasteiger partial charge on any atom is -0.490 e. The van der Waals surface area contributed by atoms with E-state index < -0.39 is 4.92 Å². The Bertz CT molecular complexity index is 731. The van der Waals surface area contributed by atoms with Crippen LogP contribution in [-0.4, -0.2) is 12.0 Å². The van der Waals surface area contributed by atoms with Crippen molar-refractivity contribution in [2.45, 2.75) is 6.92 Å². The average Bonchev–Trinajstić information content (AvgIpc) is 2.73. The molecule has 1 aromatic carbocycles. The summed E-state index contributed by atoms with van der Waals surface area (Å²) >= 11 is 1.20. The molecule has 0 aliphatic carbocycles. The number of para-hydroxylation sites is 1. The topological polar surface area (TPSA) is 102 Å². The number of methoxy groups -OCH3 is 1. The van der Waals surface area contributed by atoms with Gasteiger partial charge in [0.15, 0.2) is 0 Å². The van der Waals surface area contributed by atoms with E-state index >= 15 is 0 Å². The lowest BCUT2D eigenvalue weighted by molar-refractivity contribution is -0.385. The molecule has 0 unspecified atom stereocenters. The predicted molar refractivity (Wildman–Crippen MR) is 76.8 cm³/mol. The summed E-state index contributed by atoms with van der Waals surface area (Å²) < 4.78 is 5.17. The van der Waals surface area contributed by atoms with Gasteiger partial charge in [0, 0.05) is 16.5 Å². The molecule has 0 atom stereocenters. The maximum Gasteiger partial charge on any atom is 0.311 e. The molecular formula is C13H11N3O3S. The molecule has 0 aliphatic heterocycles. The lowest BCUT2D eigenvalue weighted by atomic mass is 10.1. The van der Waals surface area contributed by atoms with E-state index in [-0.39, 0.29) is 11.4 Å². The van der Waals surface area contributed by atoms with Crippen LogP contribution in [-0.2, 0) is 0 Å². The van der Waals surface area contributed by atoms with Crippen LogP contribution in [0.1, 0.15) is 10.4 Å². The second-order valence-electron chi connectivity index (χ2n) is 4.03. The Labute approximate surface area is 119 Å². The number of anilines is 1. The van der Waals surface area contributed by atoms with Crippen molar-refractivity contribution in [1.82, 2.24) is 0 Å². The third-order valence-electron chi connectivity index (χ3n) is 2.93. The molecule has 0 bridgehead atoms. The van der Waals surface area contributed by atoms with Crippen molar-refractivity contribution < 1.29 is 9.66 Å². The van der Waals surface area contributed by atoms with Crippen LogP contribution in [0.2, 0.25) is 0 Å². The molecule has 0 amide bonds. The first-order valence-corrected chi connectivity index (χ1v) is 6.43. The number of nitrogens with zero attached hydrogens (tertiary/aromatic N) is 2. The second kappa shape index (κ2) is 5.19. The van der Waals surface area contributed by atoms with E-state index in [4.69, 9.17) is 15.7 Å². The number of nitrogen functional groups attached to an aromatic ring is 1. The number of hydrogen-bond acceptors (Lipinski definition) is 6. The molecule has 0 saturated heterocycles. The van der Waals surface area contributed by atoms with Crippen molar-refractivity contribution in [3.8, 4) is 22.3 Å². The van der Waals surface area contributed by atoms with Crippen molar-refractivity contribution >= 4 is 22.7 Å². The molecule has 0 spiro atoms. The van der Waals surface area contributed by atoms with Gasteiger partial charge in [0.2, 0.25) is 5.75 Å². The number of ether oxygens (including phenoxy) is 1. The minimum absolute atomic E-state index is 0.116. The summed E-state index contributed by atoms with van der Waals surface area (Å²) in [5, 5.41) is 20.0. The van der Waals surface area contributed by atoms with Gasteiger partial charge in [0.25, 0.3) is 0 Å². The number of rotatable bonds is 3. The van der Waals surface area contributed by atoms with Crippen molar-refractivity contribution in [1.29, 1.82) is 5.26 Å². The van der Waals surface area contributed by atoms with Crippen LogP contribution in [0.4, 0.5) is 11.4 Å². The van der Waals surface area contributed by atoms with Gasteiger partial charge < -0.3 is 10.5 Å². The largest absolute Gasteiger partial charge is 0.490 e. The van der Waals surface area contributed by atoms with E-state index in [9.17, 15) is 10.1 Å². The van der Waals surface area contributed by atoms with E-state index in [1.54, 1.807) is 19.1 Å². The zero-order valence-corrected chi connectivity index (χ0v) is 11.7. The molecule has 6 nitrogen and oxygen atoms in total. The highest BCUT2D eigenvalue weighted by molar-refractivity contribution is 7.16. The third kappa shape index (κ3) is 2.06. The number of hydrogen-bond donors (Lipinski definition) is 1. The fraction of sp³-hybridized carbons (Fsp3) is 0.154. The van der Waals surface area contributed by atoms with Gasteiger partial charge >= 0.3 is 5.69 Å². The summed E-state index contributed by atoms with van der Waals surface area (Å²) in [6.07, 6.45) is 0. The molecule has 0 saturated carbocycles. The molecule has 2 aromatic rings. The van der Waals surface area contributed by atoms with Crippen molar-refractivity contribution in [2.75, 3.05) is 12.8 Å². The first-order valence-electron chi connectivity index (χ1n) is 5.62. The van der Waals surface area contributed by atoms with Gasteiger partial charge in [-0.2, -0.15) is 5.26 Å². The van der Waals surface area contributed by atoms with Crippen LogP contribution in [0.15, 0.2) is 18.2 Å². The fourth-order valence-corrected chi connectivity index (χ4v) is 2.97. The smallest absolute Gasteiger partial charge is 0.311 e. The summed E-state index contributed by atoms with van der Waals surface area (Å²) in [5.74, 6) is 0.173. The van der Waals surface area contributed by atoms with Crippen LogP contribution in [0.25, 0.3) is 10.4 Å². The molecule has 0 radical (unpaired) electrons. The summed E-state index contributed by atoms with van der Waals surface area (Å²) in [6, 6.07) is 6.69. The maximum absolute atomic E-state index is 11.0. The molecule has 7 heteroatoms. The highest BCUT2D eigenvalue weighted by Gasteiger charge is 2.23. The number of nitro benzene ring substituents is 1. The van der Waals surface area contributed by atoms with E-state index in [1.165, 1.54) is 24.5 Å². The van der Waals surface area contributed by atoms with Gasteiger partial charge in [0.1, 0.15) is 10.9 Å². The van der Waals surface area contributed by atoms with Gasteiger partial charge in [-0.1, -0.05) is 6.07 Å². The Morgan fingerprint density at radius 3 is 2.70 bits per heavy atom. The van der Waals surface area contributed by atoms with Gasteiger partial charge in [-0.25, -0.2) is 0 Å². The third-order valence-corrected chi connectivity index (χ3v) is 4.18. The minimum atomic E-state index is -0.500. The molecule has 1 heterocycles. The monoisotopic (exact) mass is 289 g/mol. The van der Waals surface area contributed by atoms with Crippen molar-refractivity contribution in [3.05, 3.63) is 38.8 Å². The Balaban J connectivity index is 2.74. The van der Waals surface area contributed by atoms with Gasteiger partial charge in [-0.15, -0.1) is 11.3 Å². The summed E-state index contributed by atoms with van der Waals surface area (Å²) in [4.78, 5) is 11.6. The zero-order chi connectivity index (χ0) is 14.9. The Kier molecular flexibility index (Phi) is 3.59. The average molecular weight is 289 g/mol. The number of thiophene rings is 1. The predicted octanol–water partition coefficient (Wildman–Crippen LogP) is 3.09. The summed E-state index contributed by atoms with van der Waals surface area (Å²) in [6.45, 7) is 1.78. The van der Waals surface area contributed by atoms with Gasteiger partial charge in [0.05, 0.1) is 17.7 Å². The van der Waals surface area contributed by atoms with Gasteiger partial charge in [-0.3, -0.25) is 10.1 Å². The molecule has 102 valence electrons. The standard InChI is InChI=1S/C13H11N3O3S/c1-7-11(15)10(6-14)20-13(7)8-4-3-5-9(16(17)18)12(8)19-2/h3-5H,15H2,1-2H3. The van der Waals surface area contributed by atoms with Crippen LogP contribution < -0.4 is 10.5 Å². The number of benzene rings is 1. The fourth-order valence-electron chi connectivity index (χ4n) is 1.93. The number of nitro groups is 1. The van der Waals surface area contributed by atoms with E-state index in [0.29, 0.717) is 21.0 Å². The normalized spacial score (nSPS) is 10.1. The summed E-state index contributed by atoms with van der Waals surface area (Å²) in [5.41, 5.74) is 7.44. The second-order valence-corrected chi connectivity index (χ2v) is 5.05. The van der Waals surface area contributed by atoms with Crippen LogP contribution in [0, 0.1) is 28.4 Å². The highest BCUT2D eigenvalue weighted by Crippen LogP contribution is 2.44. The lowest BCUT2D eigenvalue weighted by Gasteiger charge is -2.08. The molecule has 20 heavy (non-hydrogen) atoms. The molecule has 1 aromatic heterocycles. The summed E-state index contributed by atoms with van der Waals surface area (Å²) in [7, 11) is 1.38. The quantitative estimate of drug-likeness (QED) is 0.690. The molecule has 2 rings (SSSR count). The lowest BCUT2D eigenvalue weighted by Crippen LogP contribution is -1.95. The Morgan fingerprint density at radius 1 is 1.50 bits per heavy atom. The van der Waals surface area contributed by atoms with E-state index in [1.807, 2.05) is 6.07 Å². The van der Waals surface area contributed by atoms with Crippen molar-refractivity contribution in [3.63, 3.8) is 0 Å². The Hall–Kier alpha value is -2.59.